The standard InChI is InChI=1S/C22H22N8OS/c1-2-3-13-29-19(23-26-27-29)15-32-22-25-24-21-28(14-16-9-5-4-6-10-16)20(31)17-11-7-8-12-18(17)30(21)22/h4-12H,2-3,13-15H2,1H3. The summed E-state index contributed by atoms with van der Waals surface area (Å²) in [6.07, 6.45) is 2.10. The van der Waals surface area contributed by atoms with E-state index in [0.717, 1.165) is 36.3 Å². The molecule has 0 aliphatic heterocycles. The number of para-hydroxylation sites is 1. The SMILES string of the molecule is CCCCn1nnnc1CSc1nnc2n(Cc3ccccc3)c(=O)c3ccccc3n12. The molecule has 10 heteroatoms. The molecule has 3 heterocycles. The second-order valence-corrected chi connectivity index (χ2v) is 8.42. The zero-order valence-corrected chi connectivity index (χ0v) is 18.4. The van der Waals surface area contributed by atoms with Crippen LogP contribution in [0.2, 0.25) is 0 Å². The van der Waals surface area contributed by atoms with Gasteiger partial charge >= 0.3 is 0 Å². The van der Waals surface area contributed by atoms with Crippen molar-refractivity contribution < 1.29 is 0 Å². The van der Waals surface area contributed by atoms with Crippen molar-refractivity contribution in [1.29, 1.82) is 0 Å². The van der Waals surface area contributed by atoms with Crippen molar-refractivity contribution in [2.45, 2.75) is 43.8 Å². The number of aryl methyl sites for hydroxylation is 1. The van der Waals surface area contributed by atoms with Gasteiger partial charge in [-0.3, -0.25) is 13.8 Å². The van der Waals surface area contributed by atoms with Crippen LogP contribution in [0.5, 0.6) is 0 Å². The maximum Gasteiger partial charge on any atom is 0.263 e. The number of hydrogen-bond acceptors (Lipinski definition) is 7. The fourth-order valence-electron chi connectivity index (χ4n) is 3.67. The van der Waals surface area contributed by atoms with Gasteiger partial charge in [-0.25, -0.2) is 4.68 Å². The molecule has 9 nitrogen and oxygen atoms in total. The minimum Gasteiger partial charge on any atom is -0.272 e. The number of aromatic nitrogens is 8. The van der Waals surface area contributed by atoms with E-state index >= 15 is 0 Å². The molecule has 5 aromatic rings. The summed E-state index contributed by atoms with van der Waals surface area (Å²) < 4.78 is 5.47. The summed E-state index contributed by atoms with van der Waals surface area (Å²) in [6, 6.07) is 17.5. The normalized spacial score (nSPS) is 11.5. The highest BCUT2D eigenvalue weighted by Gasteiger charge is 2.18. The molecule has 0 saturated heterocycles. The molecule has 3 aromatic heterocycles. The van der Waals surface area contributed by atoms with Gasteiger partial charge in [-0.1, -0.05) is 67.6 Å². The van der Waals surface area contributed by atoms with E-state index in [4.69, 9.17) is 0 Å². The molecule has 0 N–H and O–H groups in total. The molecule has 0 spiro atoms. The molecule has 0 unspecified atom stereocenters. The molecule has 5 rings (SSSR count). The van der Waals surface area contributed by atoms with E-state index < -0.39 is 0 Å². The molecule has 162 valence electrons. The van der Waals surface area contributed by atoms with Crippen molar-refractivity contribution in [2.24, 2.45) is 0 Å². The second-order valence-electron chi connectivity index (χ2n) is 7.47. The molecule has 0 aliphatic carbocycles. The Balaban J connectivity index is 1.57. The van der Waals surface area contributed by atoms with Crippen LogP contribution in [0, 0.1) is 0 Å². The zero-order valence-electron chi connectivity index (χ0n) is 17.6. The third kappa shape index (κ3) is 3.77. The van der Waals surface area contributed by atoms with Gasteiger partial charge in [0.05, 0.1) is 23.2 Å². The highest BCUT2D eigenvalue weighted by Crippen LogP contribution is 2.24. The van der Waals surface area contributed by atoms with Gasteiger partial charge in [-0.15, -0.1) is 15.3 Å². The topological polar surface area (TPSA) is 95.8 Å². The summed E-state index contributed by atoms with van der Waals surface area (Å²) in [5.41, 5.74) is 1.73. The fourth-order valence-corrected chi connectivity index (χ4v) is 4.55. The Bertz CT molecular complexity index is 1420. The summed E-state index contributed by atoms with van der Waals surface area (Å²) in [7, 11) is 0. The lowest BCUT2D eigenvalue weighted by atomic mass is 10.2. The van der Waals surface area contributed by atoms with Gasteiger partial charge in [-0.05, 0) is 34.5 Å². The minimum atomic E-state index is -0.0792. The van der Waals surface area contributed by atoms with Gasteiger partial charge in [0.1, 0.15) is 0 Å². The predicted molar refractivity (Wildman–Crippen MR) is 123 cm³/mol. The van der Waals surface area contributed by atoms with Gasteiger partial charge in [-0.2, -0.15) is 0 Å². The first-order valence-corrected chi connectivity index (χ1v) is 11.5. The van der Waals surface area contributed by atoms with Crippen molar-refractivity contribution in [3.63, 3.8) is 0 Å². The summed E-state index contributed by atoms with van der Waals surface area (Å²) >= 11 is 1.51. The maximum atomic E-state index is 13.3. The monoisotopic (exact) mass is 446 g/mol. The summed E-state index contributed by atoms with van der Waals surface area (Å²) in [6.45, 7) is 3.35. The Morgan fingerprint density at radius 1 is 0.969 bits per heavy atom. The van der Waals surface area contributed by atoms with E-state index in [0.29, 0.717) is 28.6 Å². The van der Waals surface area contributed by atoms with Crippen LogP contribution in [0.1, 0.15) is 31.2 Å². The first-order valence-electron chi connectivity index (χ1n) is 10.5. The summed E-state index contributed by atoms with van der Waals surface area (Å²) in [5, 5.41) is 22.2. The molecule has 0 bridgehead atoms. The molecule has 2 aromatic carbocycles. The molecule has 0 fully saturated rings. The summed E-state index contributed by atoms with van der Waals surface area (Å²) in [5.74, 6) is 1.87. The van der Waals surface area contributed by atoms with Gasteiger partial charge in [0.2, 0.25) is 5.78 Å². The zero-order chi connectivity index (χ0) is 21.9. The Morgan fingerprint density at radius 3 is 2.62 bits per heavy atom. The van der Waals surface area contributed by atoms with Crippen molar-refractivity contribution in [1.82, 2.24) is 39.4 Å². The Morgan fingerprint density at radius 2 is 1.78 bits per heavy atom. The highest BCUT2D eigenvalue weighted by atomic mass is 32.2. The van der Waals surface area contributed by atoms with Gasteiger partial charge < -0.3 is 0 Å². The first-order chi connectivity index (χ1) is 15.8. The predicted octanol–water partition coefficient (Wildman–Crippen LogP) is 3.17. The molecule has 0 amide bonds. The lowest BCUT2D eigenvalue weighted by Crippen LogP contribution is -2.24. The average Bonchev–Trinajstić information content (AvgIpc) is 3.46. The summed E-state index contributed by atoms with van der Waals surface area (Å²) in [4.78, 5) is 13.3. The van der Waals surface area contributed by atoms with E-state index in [2.05, 4.69) is 32.6 Å². The Kier molecular flexibility index (Phi) is 5.68. The van der Waals surface area contributed by atoms with Crippen LogP contribution >= 0.6 is 11.8 Å². The number of hydrogen-bond donors (Lipinski definition) is 0. The van der Waals surface area contributed by atoms with Crippen molar-refractivity contribution in [2.75, 3.05) is 0 Å². The van der Waals surface area contributed by atoms with Crippen LogP contribution in [0.25, 0.3) is 16.7 Å². The number of tetrazole rings is 1. The van der Waals surface area contributed by atoms with Gasteiger partial charge in [0.15, 0.2) is 11.0 Å². The minimum absolute atomic E-state index is 0.0792. The van der Waals surface area contributed by atoms with E-state index in [1.807, 2.05) is 63.7 Å². The molecule has 0 atom stereocenters. The number of rotatable bonds is 8. The smallest absolute Gasteiger partial charge is 0.263 e. The van der Waals surface area contributed by atoms with E-state index in [1.165, 1.54) is 11.8 Å². The van der Waals surface area contributed by atoms with Crippen LogP contribution in [-0.2, 0) is 18.8 Å². The molecule has 0 aliphatic rings. The van der Waals surface area contributed by atoms with Crippen LogP contribution in [0.15, 0.2) is 64.5 Å². The number of fused-ring (bicyclic) bond motifs is 3. The third-order valence-corrected chi connectivity index (χ3v) is 6.25. The van der Waals surface area contributed by atoms with Crippen LogP contribution in [0.3, 0.4) is 0 Å². The highest BCUT2D eigenvalue weighted by molar-refractivity contribution is 7.98. The molecular weight excluding hydrogens is 424 g/mol. The van der Waals surface area contributed by atoms with Crippen LogP contribution < -0.4 is 5.56 Å². The molecular formula is C22H22N8OS. The van der Waals surface area contributed by atoms with E-state index in [9.17, 15) is 4.79 Å². The Labute approximate surface area is 188 Å². The van der Waals surface area contributed by atoms with Crippen molar-refractivity contribution >= 4 is 28.4 Å². The van der Waals surface area contributed by atoms with E-state index in [-0.39, 0.29) is 5.56 Å². The fraction of sp³-hybridized carbons (Fsp3) is 0.273. The number of benzene rings is 2. The van der Waals surface area contributed by atoms with Crippen LogP contribution in [0.4, 0.5) is 0 Å². The van der Waals surface area contributed by atoms with Crippen LogP contribution in [-0.4, -0.2) is 39.4 Å². The lowest BCUT2D eigenvalue weighted by Gasteiger charge is -2.11. The van der Waals surface area contributed by atoms with Gasteiger partial charge in [0.25, 0.3) is 5.56 Å². The molecule has 0 saturated carbocycles. The first kappa shape index (κ1) is 20.4. The average molecular weight is 447 g/mol. The maximum absolute atomic E-state index is 13.3. The number of unbranched alkanes of at least 4 members (excludes halogenated alkanes) is 1. The van der Waals surface area contributed by atoms with E-state index in [1.54, 1.807) is 4.57 Å². The largest absolute Gasteiger partial charge is 0.272 e. The van der Waals surface area contributed by atoms with Crippen molar-refractivity contribution in [3.05, 3.63) is 76.3 Å². The molecule has 0 radical (unpaired) electrons. The quantitative estimate of drug-likeness (QED) is 0.338. The Hall–Kier alpha value is -3.53. The third-order valence-electron chi connectivity index (χ3n) is 5.32. The lowest BCUT2D eigenvalue weighted by molar-refractivity contribution is 0.540. The number of nitrogens with zero attached hydrogens (tertiary/aromatic N) is 8. The van der Waals surface area contributed by atoms with Crippen molar-refractivity contribution in [3.8, 4) is 0 Å². The van der Waals surface area contributed by atoms with Gasteiger partial charge in [0, 0.05) is 6.54 Å². The second kappa shape index (κ2) is 8.91. The number of thioether (sulfide) groups is 1. The molecule has 32 heavy (non-hydrogen) atoms.